The van der Waals surface area contributed by atoms with Gasteiger partial charge in [0.25, 0.3) is 0 Å². The van der Waals surface area contributed by atoms with Gasteiger partial charge < -0.3 is 88.6 Å². The summed E-state index contributed by atoms with van der Waals surface area (Å²) < 4.78 is 46.9. The highest BCUT2D eigenvalue weighted by Gasteiger charge is 2.51. The number of methoxy groups -OCH3 is 1. The molecular formula is C39H50O19. The Morgan fingerprint density at radius 1 is 0.759 bits per heavy atom. The molecule has 0 aliphatic carbocycles. The van der Waals surface area contributed by atoms with Crippen LogP contribution in [0.5, 0.6) is 23.0 Å². The number of hydrogen-bond acceptors (Lipinski definition) is 19. The first-order valence-electron chi connectivity index (χ1n) is 18.6. The minimum absolute atomic E-state index is 0.0169. The largest absolute Gasteiger partial charge is 0.507 e. The molecule has 3 fully saturated rings. The zero-order valence-electron chi connectivity index (χ0n) is 32.2. The molecule has 10 N–H and O–H groups in total. The Labute approximate surface area is 331 Å². The molecule has 0 saturated carbocycles. The van der Waals surface area contributed by atoms with Crippen molar-refractivity contribution in [3.05, 3.63) is 57.8 Å². The fourth-order valence-electron chi connectivity index (χ4n) is 6.93. The summed E-state index contributed by atoms with van der Waals surface area (Å²) in [6.07, 6.45) is -22.2. The standard InChI is InChI=1S/C39H50O19/c1-14(2)6-11-19-21(54-38-32(50)29(47)26(44)22(13-40)55-38)12-20(41)23-27(45)35(33(56-34(19)23)17-7-9-18(51-5)10-8-17)57-39-36(30(48)25(43)16(4)53-39)58-37-31(49)28(46)24(42)15(3)52-37/h6-10,12,15-16,22,24-26,28-32,36-44,46-50H,11,13H2,1-5H3/t15-,16-,22+,24+,25+,26-,28-,29+,30+,31-,32-,36-,37-,38+,39-/m0/s1. The second-order valence-electron chi connectivity index (χ2n) is 14.8. The van der Waals surface area contributed by atoms with Crippen molar-refractivity contribution < 1.29 is 88.6 Å². The third-order valence-corrected chi connectivity index (χ3v) is 10.4. The number of aliphatic hydroxyl groups excluding tert-OH is 9. The summed E-state index contributed by atoms with van der Waals surface area (Å²) >= 11 is 0. The molecule has 0 unspecified atom stereocenters. The fourth-order valence-corrected chi connectivity index (χ4v) is 6.93. The van der Waals surface area contributed by atoms with E-state index in [0.717, 1.165) is 11.6 Å². The van der Waals surface area contributed by atoms with Gasteiger partial charge in [-0.05, 0) is 58.4 Å². The summed E-state index contributed by atoms with van der Waals surface area (Å²) in [5, 5.41) is 106. The average Bonchev–Trinajstić information content (AvgIpc) is 3.20. The van der Waals surface area contributed by atoms with E-state index in [4.69, 9.17) is 37.6 Å². The van der Waals surface area contributed by atoms with E-state index in [1.54, 1.807) is 18.2 Å². The topological polar surface area (TPSA) is 297 Å². The summed E-state index contributed by atoms with van der Waals surface area (Å²) in [7, 11) is 1.45. The van der Waals surface area contributed by atoms with Gasteiger partial charge in [-0.25, -0.2) is 0 Å². The van der Waals surface area contributed by atoms with Gasteiger partial charge in [0.1, 0.15) is 83.2 Å². The van der Waals surface area contributed by atoms with Crippen molar-refractivity contribution in [2.75, 3.05) is 13.7 Å². The molecule has 3 saturated heterocycles. The molecule has 0 spiro atoms. The highest BCUT2D eigenvalue weighted by Crippen LogP contribution is 2.42. The Morgan fingerprint density at radius 2 is 1.36 bits per heavy atom. The van der Waals surface area contributed by atoms with Crippen LogP contribution in [-0.2, 0) is 25.4 Å². The second-order valence-corrected chi connectivity index (χ2v) is 14.8. The number of hydrogen-bond donors (Lipinski definition) is 10. The second kappa shape index (κ2) is 17.7. The number of phenols is 1. The van der Waals surface area contributed by atoms with Gasteiger partial charge in [0, 0.05) is 17.2 Å². The molecule has 58 heavy (non-hydrogen) atoms. The van der Waals surface area contributed by atoms with E-state index < -0.39 is 121 Å². The SMILES string of the molecule is COc1ccc(-c2oc3c(CC=C(C)C)c(O[C@@H]4O[C@H](CO)[C@H](O)[C@@H](O)[C@@H]4O)cc(O)c3c(=O)c2O[C@@H]2O[C@@H](C)[C@@H](O)[C@@H](O)[C@@H]2O[C@@H]2O[C@@H](C)[C@@H](O)[C@H](O)[C@@H]2O)cc1. The van der Waals surface area contributed by atoms with Crippen LogP contribution in [0.3, 0.4) is 0 Å². The maximum Gasteiger partial charge on any atom is 0.239 e. The van der Waals surface area contributed by atoms with E-state index in [-0.39, 0.29) is 34.6 Å². The molecule has 1 aromatic heterocycles. The maximum absolute atomic E-state index is 14.7. The van der Waals surface area contributed by atoms with E-state index in [1.807, 2.05) is 13.8 Å². The number of ether oxygens (including phenoxy) is 7. The van der Waals surface area contributed by atoms with Crippen molar-refractivity contribution in [3.8, 4) is 34.3 Å². The third kappa shape index (κ3) is 8.41. The van der Waals surface area contributed by atoms with Crippen LogP contribution in [0.1, 0.15) is 33.3 Å². The predicted octanol–water partition coefficient (Wildman–Crippen LogP) is -1.08. The van der Waals surface area contributed by atoms with Crippen LogP contribution in [0.2, 0.25) is 0 Å². The molecule has 6 rings (SSSR count). The molecule has 3 aliphatic heterocycles. The lowest BCUT2D eigenvalue weighted by atomic mass is 9.98. The first kappa shape index (κ1) is 43.6. The van der Waals surface area contributed by atoms with Crippen LogP contribution in [0.25, 0.3) is 22.3 Å². The Morgan fingerprint density at radius 3 is 1.98 bits per heavy atom. The Hall–Kier alpha value is -3.93. The van der Waals surface area contributed by atoms with Crippen molar-refractivity contribution in [1.29, 1.82) is 0 Å². The molecule has 2 aromatic carbocycles. The Balaban J connectivity index is 1.50. The Bertz CT molecular complexity index is 1980. The van der Waals surface area contributed by atoms with Crippen LogP contribution in [0.4, 0.5) is 0 Å². The molecule has 19 nitrogen and oxygen atoms in total. The highest BCUT2D eigenvalue weighted by atomic mass is 16.8. The van der Waals surface area contributed by atoms with Crippen molar-refractivity contribution in [3.63, 3.8) is 0 Å². The maximum atomic E-state index is 14.7. The van der Waals surface area contributed by atoms with Crippen molar-refractivity contribution in [1.82, 2.24) is 0 Å². The normalized spacial score (nSPS) is 35.4. The molecular weight excluding hydrogens is 772 g/mol. The molecule has 19 heteroatoms. The molecule has 0 bridgehead atoms. The summed E-state index contributed by atoms with van der Waals surface area (Å²) in [6.45, 7) is 5.71. The summed E-state index contributed by atoms with van der Waals surface area (Å²) in [6, 6.07) is 7.27. The van der Waals surface area contributed by atoms with Gasteiger partial charge in [-0.2, -0.15) is 0 Å². The van der Waals surface area contributed by atoms with E-state index >= 15 is 0 Å². The zero-order chi connectivity index (χ0) is 42.3. The predicted molar refractivity (Wildman–Crippen MR) is 198 cm³/mol. The average molecular weight is 823 g/mol. The molecule has 15 atom stereocenters. The molecule has 4 heterocycles. The molecule has 0 amide bonds. The van der Waals surface area contributed by atoms with Crippen LogP contribution in [-0.4, -0.2) is 157 Å². The van der Waals surface area contributed by atoms with E-state index in [0.29, 0.717) is 5.75 Å². The van der Waals surface area contributed by atoms with Gasteiger partial charge in [-0.15, -0.1) is 0 Å². The number of fused-ring (bicyclic) bond motifs is 1. The quantitative estimate of drug-likeness (QED) is 0.103. The monoisotopic (exact) mass is 822 g/mol. The summed E-state index contributed by atoms with van der Waals surface area (Å²) in [5.74, 6) is -1.22. The van der Waals surface area contributed by atoms with Gasteiger partial charge in [-0.1, -0.05) is 11.6 Å². The van der Waals surface area contributed by atoms with Crippen LogP contribution < -0.4 is 19.6 Å². The number of benzene rings is 2. The van der Waals surface area contributed by atoms with Crippen molar-refractivity contribution >= 4 is 11.0 Å². The number of rotatable bonds is 11. The van der Waals surface area contributed by atoms with Crippen molar-refractivity contribution in [2.24, 2.45) is 0 Å². The van der Waals surface area contributed by atoms with Gasteiger partial charge in [0.2, 0.25) is 23.8 Å². The van der Waals surface area contributed by atoms with Gasteiger partial charge in [0.05, 0.1) is 25.9 Å². The van der Waals surface area contributed by atoms with Crippen LogP contribution in [0.15, 0.2) is 51.2 Å². The molecule has 320 valence electrons. The van der Waals surface area contributed by atoms with Gasteiger partial charge in [0.15, 0.2) is 18.2 Å². The lowest BCUT2D eigenvalue weighted by Gasteiger charge is -2.45. The number of phenolic OH excluding ortho intramolecular Hbond substituents is 1. The minimum atomic E-state index is -1.83. The van der Waals surface area contributed by atoms with Gasteiger partial charge >= 0.3 is 0 Å². The summed E-state index contributed by atoms with van der Waals surface area (Å²) in [5.41, 5.74) is 0.0592. The molecule has 3 aliphatic rings. The van der Waals surface area contributed by atoms with Gasteiger partial charge in [-0.3, -0.25) is 4.79 Å². The first-order valence-corrected chi connectivity index (χ1v) is 18.6. The van der Waals surface area contributed by atoms with E-state index in [2.05, 4.69) is 0 Å². The number of aromatic hydroxyl groups is 1. The molecule has 0 radical (unpaired) electrons. The van der Waals surface area contributed by atoms with Crippen molar-refractivity contribution in [2.45, 2.75) is 126 Å². The lowest BCUT2D eigenvalue weighted by Crippen LogP contribution is -2.63. The van der Waals surface area contributed by atoms with Crippen LogP contribution in [0, 0.1) is 0 Å². The number of allylic oxidation sites excluding steroid dienone is 2. The smallest absolute Gasteiger partial charge is 0.239 e. The summed E-state index contributed by atoms with van der Waals surface area (Å²) in [4.78, 5) is 14.7. The third-order valence-electron chi connectivity index (χ3n) is 10.4. The minimum Gasteiger partial charge on any atom is -0.507 e. The fraction of sp³-hybridized carbons (Fsp3) is 0.564. The highest BCUT2D eigenvalue weighted by molar-refractivity contribution is 5.91. The number of aliphatic hydroxyl groups is 9. The Kier molecular flexibility index (Phi) is 13.3. The lowest BCUT2D eigenvalue weighted by molar-refractivity contribution is -0.352. The first-order chi connectivity index (χ1) is 27.5. The van der Waals surface area contributed by atoms with E-state index in [9.17, 15) is 55.9 Å². The molecule has 3 aromatic rings. The van der Waals surface area contributed by atoms with E-state index in [1.165, 1.54) is 33.1 Å². The van der Waals surface area contributed by atoms with Crippen LogP contribution >= 0.6 is 0 Å². The zero-order valence-corrected chi connectivity index (χ0v) is 32.2.